The molecule has 0 aliphatic heterocycles. The Kier molecular flexibility index (Phi) is 11.0. The van der Waals surface area contributed by atoms with Crippen LogP contribution in [0.25, 0.3) is 0 Å². The van der Waals surface area contributed by atoms with Crippen LogP contribution < -0.4 is 14.6 Å². The zero-order valence-electron chi connectivity index (χ0n) is 15.7. The van der Waals surface area contributed by atoms with E-state index in [1.54, 1.807) is 24.3 Å². The van der Waals surface area contributed by atoms with E-state index in [-0.39, 0.29) is 11.7 Å². The van der Waals surface area contributed by atoms with Crippen LogP contribution in [0.3, 0.4) is 0 Å². The predicted octanol–water partition coefficient (Wildman–Crippen LogP) is 3.46. The zero-order valence-corrected chi connectivity index (χ0v) is 16.5. The molecular weight excluding hydrogens is 352 g/mol. The first-order valence-corrected chi connectivity index (χ1v) is 11.0. The van der Waals surface area contributed by atoms with Gasteiger partial charge in [0.1, 0.15) is 5.75 Å². The van der Waals surface area contributed by atoms with E-state index >= 15 is 0 Å². The summed E-state index contributed by atoms with van der Waals surface area (Å²) in [5.41, 5.74) is 0.985. The summed E-state index contributed by atoms with van der Waals surface area (Å²) in [6.07, 6.45) is 11.0. The Hall–Kier alpha value is -1.60. The normalized spacial score (nSPS) is 11.3. The quantitative estimate of drug-likeness (QED) is 0.480. The lowest BCUT2D eigenvalue weighted by molar-refractivity contribution is -0.121. The number of hydrogen-bond acceptors (Lipinski definition) is 4. The Morgan fingerprint density at radius 3 is 2.15 bits per heavy atom. The Bertz CT molecular complexity index is 615. The van der Waals surface area contributed by atoms with Crippen LogP contribution in [0.2, 0.25) is 0 Å². The highest BCUT2D eigenvalue weighted by atomic mass is 32.2. The van der Waals surface area contributed by atoms with Gasteiger partial charge < -0.3 is 9.50 Å². The third kappa shape index (κ3) is 11.9. The van der Waals surface area contributed by atoms with Gasteiger partial charge in [0.25, 0.3) is 0 Å². The molecule has 0 atom stereocenters. The minimum atomic E-state index is -3.99. The van der Waals surface area contributed by atoms with E-state index < -0.39 is 10.3 Å². The molecule has 0 aromatic heterocycles. The van der Waals surface area contributed by atoms with Gasteiger partial charge in [0.15, 0.2) is 0 Å². The highest BCUT2D eigenvalue weighted by Crippen LogP contribution is 2.13. The van der Waals surface area contributed by atoms with Crippen molar-refractivity contribution >= 4 is 16.2 Å². The lowest BCUT2D eigenvalue weighted by atomic mass is 10.1. The van der Waals surface area contributed by atoms with Crippen LogP contribution in [0.1, 0.15) is 70.3 Å². The van der Waals surface area contributed by atoms with E-state index in [4.69, 9.17) is 5.14 Å². The molecule has 0 fully saturated rings. The highest BCUT2D eigenvalue weighted by Gasteiger charge is 2.05. The number of amides is 1. The van der Waals surface area contributed by atoms with Crippen molar-refractivity contribution in [3.05, 3.63) is 29.8 Å². The van der Waals surface area contributed by atoms with Crippen molar-refractivity contribution in [1.29, 1.82) is 0 Å². The van der Waals surface area contributed by atoms with Crippen LogP contribution in [0, 0.1) is 0 Å². The lowest BCUT2D eigenvalue weighted by Gasteiger charge is -2.07. The van der Waals surface area contributed by atoms with Crippen LogP contribution in [-0.2, 0) is 21.5 Å². The fourth-order valence-corrected chi connectivity index (χ4v) is 3.08. The van der Waals surface area contributed by atoms with E-state index in [0.29, 0.717) is 19.4 Å². The van der Waals surface area contributed by atoms with Gasteiger partial charge in [-0.05, 0) is 30.5 Å². The van der Waals surface area contributed by atoms with Crippen molar-refractivity contribution in [1.82, 2.24) is 5.32 Å². The number of benzene rings is 1. The Balaban J connectivity index is 2.09. The van der Waals surface area contributed by atoms with E-state index in [0.717, 1.165) is 18.4 Å². The molecule has 0 saturated heterocycles. The molecule has 6 nitrogen and oxygen atoms in total. The van der Waals surface area contributed by atoms with Crippen molar-refractivity contribution in [2.24, 2.45) is 5.14 Å². The van der Waals surface area contributed by atoms with Crippen LogP contribution in [-0.4, -0.2) is 20.9 Å². The first-order valence-electron chi connectivity index (χ1n) is 9.48. The van der Waals surface area contributed by atoms with Crippen LogP contribution in [0.4, 0.5) is 0 Å². The van der Waals surface area contributed by atoms with Gasteiger partial charge in [-0.25, -0.2) is 0 Å². The number of carbonyl (C=O) groups excluding carboxylic acids is 1. The van der Waals surface area contributed by atoms with E-state index in [1.165, 1.54) is 38.5 Å². The second-order valence-corrected chi connectivity index (χ2v) is 7.70. The highest BCUT2D eigenvalue weighted by molar-refractivity contribution is 7.84. The van der Waals surface area contributed by atoms with Crippen LogP contribution >= 0.6 is 0 Å². The summed E-state index contributed by atoms with van der Waals surface area (Å²) in [4.78, 5) is 11.8. The lowest BCUT2D eigenvalue weighted by Crippen LogP contribution is -2.25. The van der Waals surface area contributed by atoms with Gasteiger partial charge in [0.05, 0.1) is 0 Å². The average Bonchev–Trinajstić information content (AvgIpc) is 2.57. The zero-order chi connectivity index (χ0) is 19.3. The third-order valence-corrected chi connectivity index (χ3v) is 4.55. The summed E-state index contributed by atoms with van der Waals surface area (Å²) in [6, 6.07) is 6.60. The first kappa shape index (κ1) is 22.4. The largest absolute Gasteiger partial charge is 0.380 e. The molecule has 0 spiro atoms. The molecule has 0 bridgehead atoms. The summed E-state index contributed by atoms with van der Waals surface area (Å²) in [5.74, 6) is 0.264. The van der Waals surface area contributed by atoms with E-state index in [1.807, 2.05) is 0 Å². The molecule has 1 amide bonds. The van der Waals surface area contributed by atoms with Gasteiger partial charge in [0, 0.05) is 13.0 Å². The SMILES string of the molecule is CCCCCCCCCCC(=O)NCCc1ccc(OS(N)(=O)=O)cc1. The summed E-state index contributed by atoms with van der Waals surface area (Å²) < 4.78 is 26.2. The second kappa shape index (κ2) is 12.7. The van der Waals surface area contributed by atoms with Crippen LogP contribution in [0.15, 0.2) is 24.3 Å². The maximum atomic E-state index is 11.8. The molecular formula is C19H32N2O4S. The maximum Gasteiger partial charge on any atom is 0.380 e. The molecule has 3 N–H and O–H groups in total. The number of unbranched alkanes of at least 4 members (excludes halogenated alkanes) is 7. The Labute approximate surface area is 157 Å². The predicted molar refractivity (Wildman–Crippen MR) is 104 cm³/mol. The first-order chi connectivity index (χ1) is 12.4. The summed E-state index contributed by atoms with van der Waals surface area (Å²) in [7, 11) is -3.99. The number of nitrogens with two attached hydrogens (primary N) is 1. The summed E-state index contributed by atoms with van der Waals surface area (Å²) in [5, 5.41) is 7.72. The molecule has 0 aliphatic carbocycles. The summed E-state index contributed by atoms with van der Waals surface area (Å²) >= 11 is 0. The molecule has 7 heteroatoms. The van der Waals surface area contributed by atoms with Gasteiger partial charge >= 0.3 is 10.3 Å². The smallest absolute Gasteiger partial charge is 0.371 e. The van der Waals surface area contributed by atoms with E-state index in [9.17, 15) is 13.2 Å². The molecule has 1 aromatic rings. The maximum absolute atomic E-state index is 11.8. The average molecular weight is 385 g/mol. The van der Waals surface area contributed by atoms with Crippen molar-refractivity contribution < 1.29 is 17.4 Å². The second-order valence-electron chi connectivity index (χ2n) is 6.54. The number of carbonyl (C=O) groups is 1. The Morgan fingerprint density at radius 1 is 1.00 bits per heavy atom. The third-order valence-electron chi connectivity index (χ3n) is 4.13. The van der Waals surface area contributed by atoms with Gasteiger partial charge in [-0.15, -0.1) is 0 Å². The van der Waals surface area contributed by atoms with Crippen molar-refractivity contribution in [3.8, 4) is 5.75 Å². The van der Waals surface area contributed by atoms with Crippen molar-refractivity contribution in [3.63, 3.8) is 0 Å². The molecule has 1 rings (SSSR count). The minimum Gasteiger partial charge on any atom is -0.371 e. The summed E-state index contributed by atoms with van der Waals surface area (Å²) in [6.45, 7) is 2.78. The standard InChI is InChI=1S/C19H32N2O4S/c1-2-3-4-5-6-7-8-9-10-19(22)21-16-15-17-11-13-18(14-12-17)25-26(20,23)24/h11-14H,2-10,15-16H2,1H3,(H,21,22)(H2,20,23,24). The molecule has 148 valence electrons. The van der Waals surface area contributed by atoms with Gasteiger partial charge in [-0.1, -0.05) is 64.0 Å². The number of hydrogen-bond donors (Lipinski definition) is 2. The van der Waals surface area contributed by atoms with E-state index in [2.05, 4.69) is 16.4 Å². The van der Waals surface area contributed by atoms with Crippen molar-refractivity contribution in [2.75, 3.05) is 6.54 Å². The molecule has 0 radical (unpaired) electrons. The molecule has 0 unspecified atom stereocenters. The fourth-order valence-electron chi connectivity index (χ4n) is 2.70. The fraction of sp³-hybridized carbons (Fsp3) is 0.632. The molecule has 26 heavy (non-hydrogen) atoms. The number of nitrogens with one attached hydrogen (secondary N) is 1. The van der Waals surface area contributed by atoms with Crippen LogP contribution in [0.5, 0.6) is 5.75 Å². The molecule has 0 saturated carbocycles. The topological polar surface area (TPSA) is 98.5 Å². The molecule has 0 heterocycles. The number of rotatable bonds is 14. The monoisotopic (exact) mass is 384 g/mol. The van der Waals surface area contributed by atoms with Gasteiger partial charge in [-0.2, -0.15) is 13.6 Å². The van der Waals surface area contributed by atoms with Gasteiger partial charge in [0.2, 0.25) is 5.91 Å². The minimum absolute atomic E-state index is 0.0881. The Morgan fingerprint density at radius 2 is 1.58 bits per heavy atom. The van der Waals surface area contributed by atoms with Crippen molar-refractivity contribution in [2.45, 2.75) is 71.1 Å². The molecule has 0 aliphatic rings. The van der Waals surface area contributed by atoms with Gasteiger partial charge in [-0.3, -0.25) is 4.79 Å². The molecule has 1 aromatic carbocycles.